The van der Waals surface area contributed by atoms with Gasteiger partial charge < -0.3 is 149 Å². The summed E-state index contributed by atoms with van der Waals surface area (Å²) in [5, 5.41) is 198. The number of ether oxygens (including phenoxy) is 12. The molecule has 0 aromatic heterocycles. The second-order valence-electron chi connectivity index (χ2n) is 30.7. The highest BCUT2D eigenvalue weighted by Gasteiger charge is 2.72. The van der Waals surface area contributed by atoms with Gasteiger partial charge in [-0.1, -0.05) is 52.8 Å². The number of esters is 1. The number of carbonyl (C=O) groups excluding carboxylic acids is 1. The van der Waals surface area contributed by atoms with E-state index in [9.17, 15) is 91.9 Å². The molecule has 96 heavy (non-hydrogen) atoms. The Bertz CT molecular complexity index is 2760. The predicted octanol–water partition coefficient (Wildman–Crippen LogP) is -4.80. The summed E-state index contributed by atoms with van der Waals surface area (Å²) in [7, 11) is 0. The van der Waals surface area contributed by atoms with Crippen LogP contribution in [0.2, 0.25) is 0 Å². The summed E-state index contributed by atoms with van der Waals surface area (Å²) >= 11 is 0. The van der Waals surface area contributed by atoms with Crippen LogP contribution in [0, 0.1) is 44.8 Å². The van der Waals surface area contributed by atoms with Crippen molar-refractivity contribution < 1.29 is 154 Å². The Morgan fingerprint density at radius 1 is 0.510 bits per heavy atom. The smallest absolute Gasteiger partial charge is 0.315 e. The maximum Gasteiger partial charge on any atom is 0.315 e. The molecule has 31 nitrogen and oxygen atoms in total. The molecule has 18 N–H and O–H groups in total. The van der Waals surface area contributed by atoms with Crippen LogP contribution in [0.5, 0.6) is 0 Å². The SMILES string of the molecule is C=C1CC[C@]2(C(=O)O[C@H]3O[C@@H](CO)[C@@H](O)[C@H](O)[C@H]3O[C@H]3O[C@H](C)[C@@H](O)[C@H](O)[C@H]3O)CC[C@@]3(C)C(=CC[C@@H]4[C@@]5(C)CC[C@@H](O[C@@H]6OC[C@H](O)[C@H](O[C@H]7O[C@@H](CO)[C@@H](O)[C@@H](O)[C@H]7O[C@@H]7O[C@@H](CO)[C@@H](O)[C@@H](O)[C@H]7O)[C@H]6O[C@@H]6O[C@H](C)[C@@H](O)[C@H](O)[C@H]6O)C(C)(C)[C@@H]5CC[C@@]43C)[C@@H]2[C@]1(C)O. The van der Waals surface area contributed by atoms with E-state index in [1.54, 1.807) is 6.92 Å². The summed E-state index contributed by atoms with van der Waals surface area (Å²) in [6.07, 6.45) is -44.1. The third kappa shape index (κ3) is 12.3. The second kappa shape index (κ2) is 27.8. The number of carbonyl (C=O) groups is 1. The summed E-state index contributed by atoms with van der Waals surface area (Å²) in [5.41, 5.74) is -3.96. The molecule has 0 aromatic rings. The van der Waals surface area contributed by atoms with Crippen LogP contribution in [-0.4, -0.2) is 314 Å². The normalized spacial score (nSPS) is 55.2. The van der Waals surface area contributed by atoms with Gasteiger partial charge in [0.2, 0.25) is 6.29 Å². The Hall–Kier alpha value is -2.21. The first kappa shape index (κ1) is 75.0. The van der Waals surface area contributed by atoms with Gasteiger partial charge in [0.05, 0.1) is 55.8 Å². The molecular weight excluding hydrogens is 1280 g/mol. The summed E-state index contributed by atoms with van der Waals surface area (Å²) in [5.74, 6) is -1.77. The maximum absolute atomic E-state index is 15.5. The Morgan fingerprint density at radius 2 is 0.990 bits per heavy atom. The van der Waals surface area contributed by atoms with Crippen LogP contribution in [0.3, 0.4) is 0 Å². The number of hydrogen-bond acceptors (Lipinski definition) is 31. The van der Waals surface area contributed by atoms with Crippen LogP contribution in [0.25, 0.3) is 0 Å². The number of aliphatic hydroxyl groups is 18. The fourth-order valence-corrected chi connectivity index (χ4v) is 19.0. The molecule has 4 saturated carbocycles. The first-order valence-corrected chi connectivity index (χ1v) is 33.8. The lowest BCUT2D eigenvalue weighted by Crippen LogP contribution is -2.68. The molecule has 11 rings (SSSR count). The van der Waals surface area contributed by atoms with E-state index < -0.39 is 255 Å². The molecule has 0 unspecified atom stereocenters. The third-order valence-corrected chi connectivity index (χ3v) is 25.2. The van der Waals surface area contributed by atoms with Crippen LogP contribution in [0.15, 0.2) is 23.8 Å². The van der Waals surface area contributed by atoms with Gasteiger partial charge in [0, 0.05) is 5.92 Å². The number of fused-ring (bicyclic) bond motifs is 7. The molecule has 38 atom stereocenters. The first-order chi connectivity index (χ1) is 45.0. The molecule has 6 heterocycles. The minimum atomic E-state index is -2.01. The van der Waals surface area contributed by atoms with Crippen molar-refractivity contribution >= 4 is 5.97 Å². The Morgan fingerprint density at radius 3 is 1.54 bits per heavy atom. The van der Waals surface area contributed by atoms with Crippen molar-refractivity contribution in [3.63, 3.8) is 0 Å². The van der Waals surface area contributed by atoms with Crippen molar-refractivity contribution in [2.24, 2.45) is 44.8 Å². The van der Waals surface area contributed by atoms with E-state index in [2.05, 4.69) is 47.3 Å². The lowest BCUT2D eigenvalue weighted by atomic mass is 9.33. The number of allylic oxidation sites excluding steroid dienone is 1. The van der Waals surface area contributed by atoms with Gasteiger partial charge in [-0.3, -0.25) is 4.79 Å². The highest BCUT2D eigenvalue weighted by Crippen LogP contribution is 2.76. The quantitative estimate of drug-likeness (QED) is 0.0416. The molecule has 0 radical (unpaired) electrons. The Kier molecular flexibility index (Phi) is 21.7. The van der Waals surface area contributed by atoms with E-state index in [4.69, 9.17) is 56.8 Å². The fourth-order valence-electron chi connectivity index (χ4n) is 19.0. The first-order valence-electron chi connectivity index (χ1n) is 33.8. The van der Waals surface area contributed by atoms with Crippen molar-refractivity contribution in [2.75, 3.05) is 26.4 Å². The Labute approximate surface area is 555 Å². The Balaban J connectivity index is 0.865. The van der Waals surface area contributed by atoms with Crippen LogP contribution in [0.1, 0.15) is 113 Å². The largest absolute Gasteiger partial charge is 0.432 e. The molecule has 31 heteroatoms. The highest BCUT2D eigenvalue weighted by molar-refractivity contribution is 5.80. The fraction of sp³-hybridized carbons (Fsp3) is 0.923. The minimum Gasteiger partial charge on any atom is -0.432 e. The summed E-state index contributed by atoms with van der Waals surface area (Å²) in [6.45, 7) is 16.8. The number of rotatable bonds is 15. The molecular formula is C65H104O31. The molecule has 0 aromatic carbocycles. The molecule has 0 amide bonds. The van der Waals surface area contributed by atoms with Gasteiger partial charge in [-0.05, 0) is 118 Å². The van der Waals surface area contributed by atoms with E-state index in [0.29, 0.717) is 44.1 Å². The highest BCUT2D eigenvalue weighted by atomic mass is 16.8. The van der Waals surface area contributed by atoms with E-state index in [0.717, 1.165) is 5.57 Å². The van der Waals surface area contributed by atoms with Crippen LogP contribution in [0.4, 0.5) is 0 Å². The molecule has 0 spiro atoms. The topological polar surface area (TPSA) is 492 Å². The van der Waals surface area contributed by atoms with Gasteiger partial charge in [-0.15, -0.1) is 0 Å². The molecule has 550 valence electrons. The van der Waals surface area contributed by atoms with Crippen LogP contribution in [-0.2, 0) is 61.6 Å². The van der Waals surface area contributed by atoms with E-state index in [-0.39, 0.29) is 31.1 Å². The molecule has 10 fully saturated rings. The van der Waals surface area contributed by atoms with Crippen molar-refractivity contribution in [3.8, 4) is 0 Å². The minimum absolute atomic E-state index is 0.000558. The van der Waals surface area contributed by atoms with Crippen LogP contribution >= 0.6 is 0 Å². The summed E-state index contributed by atoms with van der Waals surface area (Å²) in [6, 6.07) is 0. The lowest BCUT2D eigenvalue weighted by molar-refractivity contribution is -0.401. The van der Waals surface area contributed by atoms with E-state index in [1.165, 1.54) is 13.8 Å². The lowest BCUT2D eigenvalue weighted by Gasteiger charge is -2.71. The van der Waals surface area contributed by atoms with Crippen molar-refractivity contribution in [1.29, 1.82) is 0 Å². The van der Waals surface area contributed by atoms with E-state index in [1.807, 2.05) is 0 Å². The molecule has 6 saturated heterocycles. The van der Waals surface area contributed by atoms with Crippen molar-refractivity contribution in [3.05, 3.63) is 23.8 Å². The average molecular weight is 1380 g/mol. The van der Waals surface area contributed by atoms with Crippen molar-refractivity contribution in [1.82, 2.24) is 0 Å². The zero-order valence-electron chi connectivity index (χ0n) is 55.4. The molecule has 11 aliphatic rings. The van der Waals surface area contributed by atoms with Gasteiger partial charge in [-0.25, -0.2) is 0 Å². The van der Waals surface area contributed by atoms with E-state index >= 15 is 4.79 Å². The van der Waals surface area contributed by atoms with Crippen LogP contribution < -0.4 is 0 Å². The van der Waals surface area contributed by atoms with Gasteiger partial charge in [0.15, 0.2) is 37.6 Å². The molecule has 6 aliphatic heterocycles. The zero-order valence-corrected chi connectivity index (χ0v) is 55.4. The number of hydrogen-bond donors (Lipinski definition) is 18. The zero-order chi connectivity index (χ0) is 70.2. The third-order valence-electron chi connectivity index (χ3n) is 25.2. The van der Waals surface area contributed by atoms with Gasteiger partial charge >= 0.3 is 5.97 Å². The average Bonchev–Trinajstić information content (AvgIpc) is 0.660. The maximum atomic E-state index is 15.5. The molecule has 0 bridgehead atoms. The standard InChI is InChI=1S/C65H104O31/c1-24-12-17-65(59(83)96-58-50(44(79)39(74)31(22-68)90-58)93-53-45(80)40(75)35(70)25(2)86-53)19-18-62(7)27(52(65)64(24,9)84)10-11-33-61(6)15-14-34(60(4,5)32(61)13-16-63(33,62)8)91-56-51(95-54-46(81)41(76)36(71)26(3)87-54)48(28(69)23-85-56)92-57-49(43(78)38(73)30(21-67)89-57)94-55-47(82)42(77)37(72)29(20-66)88-55/h10,25-26,28-58,66-82,84H,1,11-23H2,2-9H3/t25-,26-,28+,29+,30+,31+,32+,33-,34-,35-,36-,37-,38-,39-,40+,41+,42-,43-,44+,45-,46-,47-,48+,49-,50-,51-,52-,53-,54+,55+,56+,57-,58-,61+,62+,63+,64-,65+/m1/s1. The van der Waals surface area contributed by atoms with Gasteiger partial charge in [-0.2, -0.15) is 0 Å². The second-order valence-corrected chi connectivity index (χ2v) is 30.7. The number of aliphatic hydroxyl groups excluding tert-OH is 17. The van der Waals surface area contributed by atoms with Crippen molar-refractivity contribution in [2.45, 2.75) is 303 Å². The molecule has 5 aliphatic carbocycles. The van der Waals surface area contributed by atoms with Gasteiger partial charge in [0.1, 0.15) is 122 Å². The summed E-state index contributed by atoms with van der Waals surface area (Å²) in [4.78, 5) is 15.5. The summed E-state index contributed by atoms with van der Waals surface area (Å²) < 4.78 is 73.7. The predicted molar refractivity (Wildman–Crippen MR) is 321 cm³/mol. The van der Waals surface area contributed by atoms with Gasteiger partial charge in [0.25, 0.3) is 0 Å². The monoisotopic (exact) mass is 1380 g/mol.